The Balaban J connectivity index is 2.16. The van der Waals surface area contributed by atoms with Gasteiger partial charge in [0.2, 0.25) is 0 Å². The summed E-state index contributed by atoms with van der Waals surface area (Å²) in [6.45, 7) is 11.7. The van der Waals surface area contributed by atoms with Crippen LogP contribution in [0.1, 0.15) is 45.2 Å². The van der Waals surface area contributed by atoms with Gasteiger partial charge in [-0.2, -0.15) is 0 Å². The zero-order chi connectivity index (χ0) is 21.1. The predicted octanol–water partition coefficient (Wildman–Crippen LogP) is 4.65. The van der Waals surface area contributed by atoms with Crippen molar-refractivity contribution in [3.8, 4) is 0 Å². The molecule has 0 aromatic heterocycles. The molecule has 0 aliphatic carbocycles. The molecule has 1 atom stereocenters. The molecule has 2 aromatic carbocycles. The standard InChI is InChI=1S/C25H36N2O2/c1-5-16-26-17-23(24(28)29-25(2,3)4)20-27(18-21-12-8-6-9-13-21)19-22-14-10-7-11-15-22/h6-15,23,26H,5,16-20H2,1-4H3. The van der Waals surface area contributed by atoms with Crippen molar-refractivity contribution in [2.45, 2.75) is 52.8 Å². The first-order valence-electron chi connectivity index (χ1n) is 10.6. The summed E-state index contributed by atoms with van der Waals surface area (Å²) in [5.41, 5.74) is 2.00. The van der Waals surface area contributed by atoms with Crippen LogP contribution in [0.4, 0.5) is 0 Å². The second kappa shape index (κ2) is 11.7. The molecule has 2 rings (SSSR count). The van der Waals surface area contributed by atoms with E-state index in [-0.39, 0.29) is 11.9 Å². The number of esters is 1. The van der Waals surface area contributed by atoms with Crippen molar-refractivity contribution in [2.24, 2.45) is 5.92 Å². The molecule has 0 aliphatic heterocycles. The van der Waals surface area contributed by atoms with Gasteiger partial charge in [-0.15, -0.1) is 0 Å². The van der Waals surface area contributed by atoms with Gasteiger partial charge in [0.25, 0.3) is 0 Å². The Bertz CT molecular complexity index is 669. The molecule has 1 N–H and O–H groups in total. The first-order valence-corrected chi connectivity index (χ1v) is 10.6. The first-order chi connectivity index (χ1) is 13.9. The Labute approximate surface area is 176 Å². The maximum Gasteiger partial charge on any atom is 0.312 e. The number of carbonyl (C=O) groups excluding carboxylic acids is 1. The molecular weight excluding hydrogens is 360 g/mol. The fourth-order valence-electron chi connectivity index (χ4n) is 3.24. The van der Waals surface area contributed by atoms with E-state index in [9.17, 15) is 4.79 Å². The second-order valence-corrected chi connectivity index (χ2v) is 8.58. The van der Waals surface area contributed by atoms with Crippen molar-refractivity contribution in [1.82, 2.24) is 10.2 Å². The minimum absolute atomic E-state index is 0.132. The van der Waals surface area contributed by atoms with Gasteiger partial charge in [-0.1, -0.05) is 67.6 Å². The summed E-state index contributed by atoms with van der Waals surface area (Å²) in [5.74, 6) is -0.347. The Morgan fingerprint density at radius 2 is 1.48 bits per heavy atom. The topological polar surface area (TPSA) is 41.6 Å². The molecule has 0 heterocycles. The normalized spacial score (nSPS) is 12.7. The molecule has 4 heteroatoms. The summed E-state index contributed by atoms with van der Waals surface area (Å²) in [5, 5.41) is 3.41. The van der Waals surface area contributed by atoms with Crippen LogP contribution in [-0.2, 0) is 22.6 Å². The zero-order valence-corrected chi connectivity index (χ0v) is 18.4. The number of benzene rings is 2. The summed E-state index contributed by atoms with van der Waals surface area (Å²) in [7, 11) is 0. The molecule has 158 valence electrons. The SMILES string of the molecule is CCCNCC(CN(Cc1ccccc1)Cc1ccccc1)C(=O)OC(C)(C)C. The molecule has 0 aliphatic rings. The van der Waals surface area contributed by atoms with E-state index in [1.165, 1.54) is 11.1 Å². The Morgan fingerprint density at radius 1 is 0.966 bits per heavy atom. The maximum atomic E-state index is 12.9. The van der Waals surface area contributed by atoms with Crippen LogP contribution in [0, 0.1) is 5.92 Å². The number of hydrogen-bond acceptors (Lipinski definition) is 4. The molecule has 1 unspecified atom stereocenters. The monoisotopic (exact) mass is 396 g/mol. The average Bonchev–Trinajstić information content (AvgIpc) is 2.67. The summed E-state index contributed by atoms with van der Waals surface area (Å²) in [6, 6.07) is 20.8. The number of hydrogen-bond donors (Lipinski definition) is 1. The minimum Gasteiger partial charge on any atom is -0.460 e. The van der Waals surface area contributed by atoms with Crippen LogP contribution >= 0.6 is 0 Å². The Hall–Kier alpha value is -2.17. The van der Waals surface area contributed by atoms with E-state index in [1.54, 1.807) is 0 Å². The van der Waals surface area contributed by atoms with Crippen molar-refractivity contribution >= 4 is 5.97 Å². The van der Waals surface area contributed by atoms with Gasteiger partial charge in [0.05, 0.1) is 5.92 Å². The van der Waals surface area contributed by atoms with Crippen LogP contribution in [0.15, 0.2) is 60.7 Å². The largest absolute Gasteiger partial charge is 0.460 e. The smallest absolute Gasteiger partial charge is 0.312 e. The molecule has 0 fully saturated rings. The molecule has 0 radical (unpaired) electrons. The molecule has 0 spiro atoms. The molecule has 2 aromatic rings. The third-order valence-electron chi connectivity index (χ3n) is 4.53. The molecule has 0 saturated heterocycles. The number of ether oxygens (including phenoxy) is 1. The number of nitrogens with one attached hydrogen (secondary N) is 1. The van der Waals surface area contributed by atoms with Gasteiger partial charge in [-0.3, -0.25) is 9.69 Å². The number of rotatable bonds is 11. The quantitative estimate of drug-likeness (QED) is 0.444. The predicted molar refractivity (Wildman–Crippen MR) is 119 cm³/mol. The van der Waals surface area contributed by atoms with Crippen molar-refractivity contribution in [3.63, 3.8) is 0 Å². The Morgan fingerprint density at radius 3 is 1.93 bits per heavy atom. The molecule has 0 bridgehead atoms. The number of carbonyl (C=O) groups is 1. The highest BCUT2D eigenvalue weighted by Gasteiger charge is 2.27. The van der Waals surface area contributed by atoms with Gasteiger partial charge < -0.3 is 10.1 Å². The highest BCUT2D eigenvalue weighted by atomic mass is 16.6. The third kappa shape index (κ3) is 9.25. The van der Waals surface area contributed by atoms with Crippen molar-refractivity contribution in [3.05, 3.63) is 71.8 Å². The lowest BCUT2D eigenvalue weighted by Gasteiger charge is -2.29. The van der Waals surface area contributed by atoms with E-state index in [0.29, 0.717) is 13.1 Å². The van der Waals surface area contributed by atoms with E-state index >= 15 is 0 Å². The van der Waals surface area contributed by atoms with Crippen LogP contribution in [0.5, 0.6) is 0 Å². The van der Waals surface area contributed by atoms with Crippen LogP contribution in [0.2, 0.25) is 0 Å². The molecular formula is C25H36N2O2. The fraction of sp³-hybridized carbons (Fsp3) is 0.480. The van der Waals surface area contributed by atoms with Crippen molar-refractivity contribution < 1.29 is 9.53 Å². The van der Waals surface area contributed by atoms with Crippen molar-refractivity contribution in [2.75, 3.05) is 19.6 Å². The first kappa shape index (κ1) is 23.1. The molecule has 29 heavy (non-hydrogen) atoms. The molecule has 4 nitrogen and oxygen atoms in total. The van der Waals surface area contributed by atoms with E-state index in [1.807, 2.05) is 32.9 Å². The zero-order valence-electron chi connectivity index (χ0n) is 18.4. The third-order valence-corrected chi connectivity index (χ3v) is 4.53. The van der Waals surface area contributed by atoms with Crippen molar-refractivity contribution in [1.29, 1.82) is 0 Å². The van der Waals surface area contributed by atoms with Crippen LogP contribution in [0.3, 0.4) is 0 Å². The second-order valence-electron chi connectivity index (χ2n) is 8.58. The number of nitrogens with zero attached hydrogens (tertiary/aromatic N) is 1. The van der Waals surface area contributed by atoms with Crippen LogP contribution in [0.25, 0.3) is 0 Å². The van der Waals surface area contributed by atoms with E-state index < -0.39 is 5.60 Å². The molecule has 0 saturated carbocycles. The van der Waals surface area contributed by atoms with E-state index in [0.717, 1.165) is 26.1 Å². The highest BCUT2D eigenvalue weighted by molar-refractivity contribution is 5.73. The summed E-state index contributed by atoms with van der Waals surface area (Å²) in [4.78, 5) is 15.2. The van der Waals surface area contributed by atoms with E-state index in [2.05, 4.69) is 65.7 Å². The van der Waals surface area contributed by atoms with Gasteiger partial charge in [0.15, 0.2) is 0 Å². The fourth-order valence-corrected chi connectivity index (χ4v) is 3.24. The summed E-state index contributed by atoms with van der Waals surface area (Å²) >= 11 is 0. The van der Waals surface area contributed by atoms with Gasteiger partial charge in [0.1, 0.15) is 5.60 Å². The van der Waals surface area contributed by atoms with Gasteiger partial charge in [0, 0.05) is 26.2 Å². The van der Waals surface area contributed by atoms with Crippen LogP contribution < -0.4 is 5.32 Å². The van der Waals surface area contributed by atoms with Gasteiger partial charge in [-0.05, 0) is 44.9 Å². The lowest BCUT2D eigenvalue weighted by atomic mass is 10.1. The summed E-state index contributed by atoms with van der Waals surface area (Å²) < 4.78 is 5.73. The lowest BCUT2D eigenvalue weighted by Crippen LogP contribution is -2.41. The average molecular weight is 397 g/mol. The summed E-state index contributed by atoms with van der Waals surface area (Å²) in [6.07, 6.45) is 1.04. The lowest BCUT2D eigenvalue weighted by molar-refractivity contribution is -0.160. The highest BCUT2D eigenvalue weighted by Crippen LogP contribution is 2.16. The maximum absolute atomic E-state index is 12.9. The minimum atomic E-state index is -0.482. The van der Waals surface area contributed by atoms with E-state index in [4.69, 9.17) is 4.74 Å². The Kier molecular flexibility index (Phi) is 9.36. The van der Waals surface area contributed by atoms with Gasteiger partial charge in [-0.25, -0.2) is 0 Å². The van der Waals surface area contributed by atoms with Crippen LogP contribution in [-0.4, -0.2) is 36.1 Å². The molecule has 0 amide bonds. The van der Waals surface area contributed by atoms with Gasteiger partial charge >= 0.3 is 5.97 Å².